The molecule has 2 rings (SSSR count). The third kappa shape index (κ3) is 12.8. The van der Waals surface area contributed by atoms with E-state index < -0.39 is 0 Å². The van der Waals surface area contributed by atoms with Crippen LogP contribution in [0, 0.1) is 16.2 Å². The van der Waals surface area contributed by atoms with Crippen molar-refractivity contribution < 1.29 is 0 Å². The lowest BCUT2D eigenvalue weighted by Gasteiger charge is -2.21. The van der Waals surface area contributed by atoms with E-state index in [2.05, 4.69) is 132 Å². The van der Waals surface area contributed by atoms with Gasteiger partial charge in [-0.3, -0.25) is 0 Å². The summed E-state index contributed by atoms with van der Waals surface area (Å²) in [4.78, 5) is 0. The highest BCUT2D eigenvalue weighted by Crippen LogP contribution is 2.26. The van der Waals surface area contributed by atoms with E-state index in [0.29, 0.717) is 16.2 Å². The minimum atomic E-state index is 0.264. The Morgan fingerprint density at radius 1 is 0.387 bits per heavy atom. The summed E-state index contributed by atoms with van der Waals surface area (Å²) in [6.07, 6.45) is 3.46. The van der Waals surface area contributed by atoms with Gasteiger partial charge in [-0.15, -0.1) is 0 Å². The molecule has 2 aromatic rings. The van der Waals surface area contributed by atoms with Crippen molar-refractivity contribution in [1.82, 2.24) is 0 Å². The molecule has 0 spiro atoms. The fourth-order valence-corrected chi connectivity index (χ4v) is 3.73. The minimum absolute atomic E-state index is 0.264. The van der Waals surface area contributed by atoms with Gasteiger partial charge in [-0.25, -0.2) is 0 Å². The molecule has 0 radical (unpaired) electrons. The van der Waals surface area contributed by atoms with E-state index in [4.69, 9.17) is 0 Å². The smallest absolute Gasteiger partial charge is 0.0132 e. The molecular weight excluding hydrogens is 372 g/mol. The maximum atomic E-state index is 2.29. The van der Waals surface area contributed by atoms with Crippen molar-refractivity contribution in [2.75, 3.05) is 0 Å². The van der Waals surface area contributed by atoms with E-state index in [1.807, 2.05) is 0 Å². The lowest BCUT2D eigenvalue weighted by molar-refractivity contribution is 0.407. The molecule has 2 aromatic carbocycles. The fraction of sp³-hybridized carbons (Fsp3) is 0.613. The Hall–Kier alpha value is -1.56. The fourth-order valence-electron chi connectivity index (χ4n) is 3.73. The van der Waals surface area contributed by atoms with Gasteiger partial charge in [0.2, 0.25) is 0 Å². The largest absolute Gasteiger partial charge is 0.0599 e. The minimum Gasteiger partial charge on any atom is -0.0599 e. The molecule has 0 aliphatic carbocycles. The molecule has 0 atom stereocenters. The van der Waals surface area contributed by atoms with E-state index in [1.54, 1.807) is 0 Å². The molecular formula is C31H50. The van der Waals surface area contributed by atoms with Crippen LogP contribution >= 0.6 is 0 Å². The van der Waals surface area contributed by atoms with Crippen LogP contribution in [-0.4, -0.2) is 0 Å². The van der Waals surface area contributed by atoms with Crippen LogP contribution in [0.1, 0.15) is 105 Å². The highest BCUT2D eigenvalue weighted by molar-refractivity contribution is 5.28. The molecule has 31 heavy (non-hydrogen) atoms. The van der Waals surface area contributed by atoms with E-state index in [-0.39, 0.29) is 5.41 Å². The summed E-state index contributed by atoms with van der Waals surface area (Å²) in [6.45, 7) is 27.3. The summed E-state index contributed by atoms with van der Waals surface area (Å²) < 4.78 is 0. The zero-order valence-corrected chi connectivity index (χ0v) is 22.7. The van der Waals surface area contributed by atoms with E-state index in [1.165, 1.54) is 22.3 Å². The molecule has 174 valence electrons. The summed E-state index contributed by atoms with van der Waals surface area (Å²) in [6, 6.07) is 18.2. The zero-order chi connectivity index (χ0) is 24.1. The van der Waals surface area contributed by atoms with Crippen LogP contribution in [0.2, 0.25) is 0 Å². The molecule has 0 saturated carbocycles. The lowest BCUT2D eigenvalue weighted by Crippen LogP contribution is -2.12. The molecule has 0 nitrogen and oxygen atoms in total. The van der Waals surface area contributed by atoms with Gasteiger partial charge in [0.15, 0.2) is 0 Å². The number of benzene rings is 2. The summed E-state index contributed by atoms with van der Waals surface area (Å²) in [5, 5.41) is 0. The number of hydrogen-bond donors (Lipinski definition) is 0. The molecule has 0 aliphatic heterocycles. The second-order valence-electron chi connectivity index (χ2n) is 14.0. The molecule has 0 amide bonds. The molecule has 0 aromatic heterocycles. The Balaban J connectivity index is 0.000000311. The predicted molar refractivity (Wildman–Crippen MR) is 141 cm³/mol. The van der Waals surface area contributed by atoms with Gasteiger partial charge in [0.25, 0.3) is 0 Å². The SMILES string of the molecule is CC(C)(C)Cc1ccc(C(C)(C)C)cc1.CC(C)(C)Cc1ccc(CC(C)(C)C)cc1. The molecule has 0 N–H and O–H groups in total. The molecule has 0 bridgehead atoms. The Morgan fingerprint density at radius 2 is 0.613 bits per heavy atom. The lowest BCUT2D eigenvalue weighted by atomic mass is 9.84. The maximum Gasteiger partial charge on any atom is -0.0132 e. The van der Waals surface area contributed by atoms with Crippen molar-refractivity contribution in [1.29, 1.82) is 0 Å². The van der Waals surface area contributed by atoms with Crippen LogP contribution in [0.25, 0.3) is 0 Å². The number of rotatable bonds is 3. The Morgan fingerprint density at radius 3 is 0.806 bits per heavy atom. The molecule has 0 heterocycles. The first kappa shape index (κ1) is 27.5. The molecule has 0 fully saturated rings. The van der Waals surface area contributed by atoms with Gasteiger partial charge < -0.3 is 0 Å². The summed E-state index contributed by atoms with van der Waals surface area (Å²) in [7, 11) is 0. The van der Waals surface area contributed by atoms with Crippen LogP contribution in [0.5, 0.6) is 0 Å². The van der Waals surface area contributed by atoms with Crippen molar-refractivity contribution >= 4 is 0 Å². The third-order valence-electron chi connectivity index (χ3n) is 5.05. The van der Waals surface area contributed by atoms with Crippen molar-refractivity contribution in [3.8, 4) is 0 Å². The van der Waals surface area contributed by atoms with E-state index in [9.17, 15) is 0 Å². The van der Waals surface area contributed by atoms with E-state index in [0.717, 1.165) is 19.3 Å². The topological polar surface area (TPSA) is 0 Å². The van der Waals surface area contributed by atoms with Gasteiger partial charge in [0.05, 0.1) is 0 Å². The second-order valence-corrected chi connectivity index (χ2v) is 14.0. The summed E-state index contributed by atoms with van der Waals surface area (Å²) >= 11 is 0. The van der Waals surface area contributed by atoms with Gasteiger partial charge in [0, 0.05) is 0 Å². The Bertz CT molecular complexity index is 726. The van der Waals surface area contributed by atoms with E-state index >= 15 is 0 Å². The average Bonchev–Trinajstić information content (AvgIpc) is 2.53. The Labute approximate surface area is 194 Å². The maximum absolute atomic E-state index is 2.29. The average molecular weight is 423 g/mol. The van der Waals surface area contributed by atoms with Crippen molar-refractivity contribution in [2.24, 2.45) is 16.2 Å². The molecule has 0 unspecified atom stereocenters. The van der Waals surface area contributed by atoms with Crippen LogP contribution in [0.3, 0.4) is 0 Å². The monoisotopic (exact) mass is 422 g/mol. The van der Waals surface area contributed by atoms with Gasteiger partial charge in [-0.1, -0.05) is 132 Å². The van der Waals surface area contributed by atoms with Gasteiger partial charge >= 0.3 is 0 Å². The first-order chi connectivity index (χ1) is 13.8. The summed E-state index contributed by atoms with van der Waals surface area (Å²) in [5.41, 5.74) is 7.16. The van der Waals surface area contributed by atoms with Crippen LogP contribution < -0.4 is 0 Å². The highest BCUT2D eigenvalue weighted by atomic mass is 14.2. The number of hydrogen-bond acceptors (Lipinski definition) is 0. The quantitative estimate of drug-likeness (QED) is 0.462. The molecule has 0 saturated heterocycles. The zero-order valence-electron chi connectivity index (χ0n) is 22.7. The van der Waals surface area contributed by atoms with Gasteiger partial charge in [-0.2, -0.15) is 0 Å². The predicted octanol–water partition coefficient (Wildman–Crippen LogP) is 9.44. The standard InChI is InChI=1S/C16H26.C15H24/c1-15(2,3)11-13-7-9-14(10-8-13)12-16(4,5)6;1-14(2,3)11-12-7-9-13(10-8-12)15(4,5)6/h7-10H,11-12H2,1-6H3;7-10H,11H2,1-6H3. The van der Waals surface area contributed by atoms with Crippen molar-refractivity contribution in [3.05, 3.63) is 70.8 Å². The van der Waals surface area contributed by atoms with Gasteiger partial charge in [0.1, 0.15) is 0 Å². The first-order valence-corrected chi connectivity index (χ1v) is 12.0. The van der Waals surface area contributed by atoms with Crippen molar-refractivity contribution in [3.63, 3.8) is 0 Å². The van der Waals surface area contributed by atoms with Crippen LogP contribution in [-0.2, 0) is 24.7 Å². The normalized spacial score (nSPS) is 12.9. The summed E-state index contributed by atoms with van der Waals surface area (Å²) in [5.74, 6) is 0. The first-order valence-electron chi connectivity index (χ1n) is 12.0. The van der Waals surface area contributed by atoms with Crippen LogP contribution in [0.4, 0.5) is 0 Å². The van der Waals surface area contributed by atoms with Gasteiger partial charge in [-0.05, 0) is 63.2 Å². The molecule has 0 heteroatoms. The molecule has 0 aliphatic rings. The third-order valence-corrected chi connectivity index (χ3v) is 5.05. The Kier molecular flexibility index (Phi) is 9.19. The van der Waals surface area contributed by atoms with Crippen molar-refractivity contribution in [2.45, 2.75) is 108 Å². The van der Waals surface area contributed by atoms with Crippen LogP contribution in [0.15, 0.2) is 48.5 Å². The second kappa shape index (κ2) is 10.4. The highest BCUT2D eigenvalue weighted by Gasteiger charge is 2.15.